The molecule has 0 amide bonds. The highest BCUT2D eigenvalue weighted by molar-refractivity contribution is 5.51. The zero-order chi connectivity index (χ0) is 19.0. The summed E-state index contributed by atoms with van der Waals surface area (Å²) in [6, 6.07) is 4.57. The molecule has 1 saturated carbocycles. The van der Waals surface area contributed by atoms with Gasteiger partial charge in [-0.15, -0.1) is 0 Å². The summed E-state index contributed by atoms with van der Waals surface area (Å²) in [7, 11) is 0. The van der Waals surface area contributed by atoms with E-state index in [1.165, 1.54) is 63.5 Å². The van der Waals surface area contributed by atoms with E-state index < -0.39 is 12.0 Å². The van der Waals surface area contributed by atoms with Crippen LogP contribution in [0.4, 0.5) is 17.6 Å². The lowest BCUT2D eigenvalue weighted by Gasteiger charge is -2.28. The van der Waals surface area contributed by atoms with Gasteiger partial charge < -0.3 is 0 Å². The van der Waals surface area contributed by atoms with Crippen LogP contribution in [0.3, 0.4) is 0 Å². The number of rotatable bonds is 8. The number of unbranched alkanes of at least 4 members (excludes halogenated alkanes) is 2. The highest BCUT2D eigenvalue weighted by Crippen LogP contribution is 2.34. The summed E-state index contributed by atoms with van der Waals surface area (Å²) in [5.74, 6) is 1.00. The summed E-state index contributed by atoms with van der Waals surface area (Å²) < 4.78 is 50.5. The Kier molecular flexibility index (Phi) is 8.17. The van der Waals surface area contributed by atoms with E-state index in [-0.39, 0.29) is 11.6 Å². The van der Waals surface area contributed by atoms with E-state index in [0.29, 0.717) is 5.92 Å². The maximum atomic E-state index is 14.0. The van der Waals surface area contributed by atoms with E-state index >= 15 is 0 Å². The molecular formula is C22H30F4. The molecule has 0 unspecified atom stereocenters. The van der Waals surface area contributed by atoms with E-state index in [0.717, 1.165) is 30.4 Å². The lowest BCUT2D eigenvalue weighted by molar-refractivity contribution is -0.0790. The molecule has 0 bridgehead atoms. The minimum absolute atomic E-state index is 0.0151. The molecule has 2 rings (SSSR count). The van der Waals surface area contributed by atoms with Crippen LogP contribution in [-0.2, 0) is 6.42 Å². The van der Waals surface area contributed by atoms with Crippen LogP contribution >= 0.6 is 0 Å². The maximum absolute atomic E-state index is 14.0. The number of aryl methyl sites for hydroxylation is 1. The minimum Gasteiger partial charge on any atom is -0.206 e. The van der Waals surface area contributed by atoms with Gasteiger partial charge in [0.25, 0.3) is 0 Å². The third kappa shape index (κ3) is 7.51. The normalized spacial score (nSPS) is 21.4. The van der Waals surface area contributed by atoms with Crippen molar-refractivity contribution in [2.45, 2.75) is 77.3 Å². The van der Waals surface area contributed by atoms with Crippen molar-refractivity contribution in [3.63, 3.8) is 0 Å². The van der Waals surface area contributed by atoms with E-state index in [4.69, 9.17) is 0 Å². The minimum atomic E-state index is -4.42. The second-order valence-corrected chi connectivity index (χ2v) is 7.65. The second-order valence-electron chi connectivity index (χ2n) is 7.65. The summed E-state index contributed by atoms with van der Waals surface area (Å²) in [5.41, 5.74) is 0.857. The van der Waals surface area contributed by atoms with Crippen LogP contribution in [0.5, 0.6) is 0 Å². The summed E-state index contributed by atoms with van der Waals surface area (Å²) in [6.45, 7) is 2.24. The number of hydrogen-bond donors (Lipinski definition) is 0. The summed E-state index contributed by atoms with van der Waals surface area (Å²) in [4.78, 5) is 0. The van der Waals surface area contributed by atoms with Crippen molar-refractivity contribution in [3.8, 4) is 0 Å². The maximum Gasteiger partial charge on any atom is 0.409 e. The fourth-order valence-corrected chi connectivity index (χ4v) is 3.91. The SMILES string of the molecule is CCCCCC1CCC(CCc2ccc(C=CC(F)(F)F)c(F)c2)CC1. The first-order valence-electron chi connectivity index (χ1n) is 9.91. The average Bonchev–Trinajstić information content (AvgIpc) is 2.59. The molecule has 0 radical (unpaired) electrons. The van der Waals surface area contributed by atoms with Gasteiger partial charge in [-0.2, -0.15) is 13.2 Å². The molecule has 0 aliphatic heterocycles. The van der Waals surface area contributed by atoms with Gasteiger partial charge in [0, 0.05) is 11.6 Å². The van der Waals surface area contributed by atoms with Crippen LogP contribution in [0, 0.1) is 17.7 Å². The van der Waals surface area contributed by atoms with Gasteiger partial charge in [0.1, 0.15) is 5.82 Å². The molecule has 0 spiro atoms. The Morgan fingerprint density at radius 2 is 1.65 bits per heavy atom. The molecule has 1 fully saturated rings. The molecule has 4 heteroatoms. The molecule has 0 aromatic heterocycles. The molecule has 0 atom stereocenters. The molecular weight excluding hydrogens is 340 g/mol. The van der Waals surface area contributed by atoms with Crippen LogP contribution in [0.2, 0.25) is 0 Å². The fourth-order valence-electron chi connectivity index (χ4n) is 3.91. The molecule has 0 N–H and O–H groups in total. The monoisotopic (exact) mass is 370 g/mol. The van der Waals surface area contributed by atoms with Gasteiger partial charge in [0.2, 0.25) is 0 Å². The summed E-state index contributed by atoms with van der Waals surface area (Å²) >= 11 is 0. The van der Waals surface area contributed by atoms with Crippen LogP contribution < -0.4 is 0 Å². The van der Waals surface area contributed by atoms with E-state index in [1.807, 2.05) is 0 Å². The number of alkyl halides is 3. The third-order valence-electron chi connectivity index (χ3n) is 5.54. The smallest absolute Gasteiger partial charge is 0.206 e. The van der Waals surface area contributed by atoms with Gasteiger partial charge in [0.15, 0.2) is 0 Å². The number of allylic oxidation sites excluding steroid dienone is 1. The topological polar surface area (TPSA) is 0 Å². The molecule has 1 aromatic rings. The van der Waals surface area contributed by atoms with E-state index in [9.17, 15) is 17.6 Å². The Labute approximate surface area is 154 Å². The van der Waals surface area contributed by atoms with Crippen molar-refractivity contribution in [2.75, 3.05) is 0 Å². The highest BCUT2D eigenvalue weighted by Gasteiger charge is 2.22. The van der Waals surface area contributed by atoms with Crippen molar-refractivity contribution in [1.29, 1.82) is 0 Å². The molecule has 1 aliphatic rings. The van der Waals surface area contributed by atoms with Crippen LogP contribution in [-0.4, -0.2) is 6.18 Å². The van der Waals surface area contributed by atoms with Crippen LogP contribution in [0.15, 0.2) is 24.3 Å². The van der Waals surface area contributed by atoms with Crippen molar-refractivity contribution < 1.29 is 17.6 Å². The molecule has 0 nitrogen and oxygen atoms in total. The number of hydrogen-bond acceptors (Lipinski definition) is 0. The molecule has 26 heavy (non-hydrogen) atoms. The Hall–Kier alpha value is -1.32. The van der Waals surface area contributed by atoms with Crippen LogP contribution in [0.25, 0.3) is 6.08 Å². The van der Waals surface area contributed by atoms with Gasteiger partial charge in [-0.05, 0) is 42.4 Å². The average molecular weight is 370 g/mol. The molecule has 1 aliphatic carbocycles. The second kappa shape index (κ2) is 10.1. The van der Waals surface area contributed by atoms with E-state index in [1.54, 1.807) is 6.07 Å². The van der Waals surface area contributed by atoms with Gasteiger partial charge in [0.05, 0.1) is 0 Å². The van der Waals surface area contributed by atoms with Gasteiger partial charge >= 0.3 is 6.18 Å². The van der Waals surface area contributed by atoms with Crippen LogP contribution in [0.1, 0.15) is 75.8 Å². The van der Waals surface area contributed by atoms with Gasteiger partial charge in [-0.3, -0.25) is 0 Å². The summed E-state index contributed by atoms with van der Waals surface area (Å²) in [5, 5.41) is 0. The Morgan fingerprint density at radius 1 is 1.00 bits per heavy atom. The number of benzene rings is 1. The first-order chi connectivity index (χ1) is 12.4. The molecule has 146 valence electrons. The Bertz CT molecular complexity index is 566. The first-order valence-corrected chi connectivity index (χ1v) is 9.91. The lowest BCUT2D eigenvalue weighted by Crippen LogP contribution is -2.15. The fraction of sp³-hybridized carbons (Fsp3) is 0.636. The summed E-state index contributed by atoms with van der Waals surface area (Å²) in [6.07, 6.45) is 8.73. The van der Waals surface area contributed by atoms with Gasteiger partial charge in [-0.1, -0.05) is 70.4 Å². The van der Waals surface area contributed by atoms with Crippen molar-refractivity contribution in [3.05, 3.63) is 41.2 Å². The molecule has 0 saturated heterocycles. The Balaban J connectivity index is 1.76. The third-order valence-corrected chi connectivity index (χ3v) is 5.54. The first kappa shape index (κ1) is 21.0. The highest BCUT2D eigenvalue weighted by atomic mass is 19.4. The number of halogens is 4. The van der Waals surface area contributed by atoms with Crippen molar-refractivity contribution in [1.82, 2.24) is 0 Å². The zero-order valence-corrected chi connectivity index (χ0v) is 15.6. The quantitative estimate of drug-likeness (QED) is 0.324. The standard InChI is InChI=1S/C22H30F4/c1-2-3-4-5-17-6-8-18(9-7-17)10-11-19-12-13-20(21(23)16-19)14-15-22(24,25)26/h12-18H,2-11H2,1H3. The largest absolute Gasteiger partial charge is 0.409 e. The van der Waals surface area contributed by atoms with E-state index in [2.05, 4.69) is 6.92 Å². The molecule has 0 heterocycles. The Morgan fingerprint density at radius 3 is 2.23 bits per heavy atom. The molecule has 1 aromatic carbocycles. The zero-order valence-electron chi connectivity index (χ0n) is 15.6. The van der Waals surface area contributed by atoms with Crippen molar-refractivity contribution >= 4 is 6.08 Å². The predicted octanol–water partition coefficient (Wildman–Crippen LogP) is 7.72. The predicted molar refractivity (Wildman–Crippen MR) is 99.4 cm³/mol. The lowest BCUT2D eigenvalue weighted by atomic mass is 9.78. The van der Waals surface area contributed by atoms with Crippen molar-refractivity contribution in [2.24, 2.45) is 11.8 Å². The van der Waals surface area contributed by atoms with Gasteiger partial charge in [-0.25, -0.2) is 4.39 Å².